The van der Waals surface area contributed by atoms with Gasteiger partial charge >= 0.3 is 5.97 Å². The Morgan fingerprint density at radius 3 is 2.77 bits per heavy atom. The number of aliphatic carboxylic acids is 1. The summed E-state index contributed by atoms with van der Waals surface area (Å²) in [6.45, 7) is 1.01. The highest BCUT2D eigenvalue weighted by Crippen LogP contribution is 2.30. The lowest BCUT2D eigenvalue weighted by molar-refractivity contribution is -0.154. The highest BCUT2D eigenvalue weighted by atomic mass is 19.1. The first kappa shape index (κ1) is 16.8. The van der Waals surface area contributed by atoms with Gasteiger partial charge in [0, 0.05) is 35.8 Å². The third kappa shape index (κ3) is 2.99. The van der Waals surface area contributed by atoms with Crippen molar-refractivity contribution in [3.63, 3.8) is 0 Å². The number of carboxylic acid groups (broad SMARTS) is 1. The van der Waals surface area contributed by atoms with Crippen LogP contribution in [0.5, 0.6) is 0 Å². The van der Waals surface area contributed by atoms with Crippen LogP contribution in [-0.4, -0.2) is 52.2 Å². The summed E-state index contributed by atoms with van der Waals surface area (Å²) in [5.74, 6) is -1.45. The largest absolute Gasteiger partial charge is 0.479 e. The average molecular weight is 358 g/mol. The van der Waals surface area contributed by atoms with Crippen molar-refractivity contribution in [2.75, 3.05) is 13.1 Å². The van der Waals surface area contributed by atoms with Crippen molar-refractivity contribution in [1.82, 2.24) is 9.88 Å². The molecule has 1 aromatic carbocycles. The maximum atomic E-state index is 13.3. The fourth-order valence-electron chi connectivity index (χ4n) is 3.68. The second kappa shape index (κ2) is 6.57. The Balaban J connectivity index is 1.46. The van der Waals surface area contributed by atoms with Gasteiger partial charge < -0.3 is 19.7 Å². The molecule has 0 bridgehead atoms. The van der Waals surface area contributed by atoms with E-state index in [2.05, 4.69) is 4.98 Å². The quantitative estimate of drug-likeness (QED) is 0.883. The first-order valence-electron chi connectivity index (χ1n) is 8.66. The fourth-order valence-corrected chi connectivity index (χ4v) is 3.68. The van der Waals surface area contributed by atoms with Gasteiger partial charge in [-0.15, -0.1) is 0 Å². The molecule has 1 saturated heterocycles. The van der Waals surface area contributed by atoms with Crippen LogP contribution in [0.25, 0.3) is 16.5 Å². The van der Waals surface area contributed by atoms with Crippen molar-refractivity contribution >= 4 is 28.4 Å². The monoisotopic (exact) mass is 358 g/mol. The first-order chi connectivity index (χ1) is 12.5. The molecule has 2 aliphatic heterocycles. The Bertz CT molecular complexity index is 904. The molecule has 2 aliphatic rings. The first-order valence-corrected chi connectivity index (χ1v) is 8.66. The van der Waals surface area contributed by atoms with Crippen LogP contribution in [0.15, 0.2) is 30.5 Å². The van der Waals surface area contributed by atoms with Crippen LogP contribution < -0.4 is 0 Å². The van der Waals surface area contributed by atoms with Gasteiger partial charge in [-0.1, -0.05) is 6.08 Å². The number of carbonyl (C=O) groups excluding carboxylic acids is 1. The third-order valence-corrected chi connectivity index (χ3v) is 5.08. The van der Waals surface area contributed by atoms with Gasteiger partial charge in [0.05, 0.1) is 0 Å². The number of ether oxygens (including phenoxy) is 1. The van der Waals surface area contributed by atoms with E-state index in [1.165, 1.54) is 12.1 Å². The van der Waals surface area contributed by atoms with Crippen molar-refractivity contribution in [1.29, 1.82) is 0 Å². The predicted molar refractivity (Wildman–Crippen MR) is 93.0 cm³/mol. The van der Waals surface area contributed by atoms with E-state index in [0.717, 1.165) is 22.0 Å². The van der Waals surface area contributed by atoms with E-state index in [-0.39, 0.29) is 11.7 Å². The van der Waals surface area contributed by atoms with Gasteiger partial charge in [-0.05, 0) is 43.0 Å². The van der Waals surface area contributed by atoms with Gasteiger partial charge in [0.25, 0.3) is 5.91 Å². The Hall–Kier alpha value is -2.67. The van der Waals surface area contributed by atoms with Crippen LogP contribution in [0, 0.1) is 5.82 Å². The molecular formula is C19H19FN2O4. The maximum Gasteiger partial charge on any atom is 0.332 e. The SMILES string of the molecule is O=C(O)[C@H]1CC[C@@H](C(=O)N2CC=C(c3c[nH]c4cc(F)ccc34)CC2)O1. The molecule has 2 atom stereocenters. The number of benzene rings is 1. The minimum absolute atomic E-state index is 0.148. The van der Waals surface area contributed by atoms with Gasteiger partial charge in [0.1, 0.15) is 11.9 Å². The number of carbonyl (C=O) groups is 2. The van der Waals surface area contributed by atoms with E-state index in [0.29, 0.717) is 32.4 Å². The molecule has 1 aromatic heterocycles. The Labute approximate surface area is 149 Å². The van der Waals surface area contributed by atoms with E-state index < -0.39 is 18.2 Å². The summed E-state index contributed by atoms with van der Waals surface area (Å²) in [6, 6.07) is 4.66. The predicted octanol–water partition coefficient (Wildman–Crippen LogP) is 2.55. The molecule has 2 aromatic rings. The number of hydrogen-bond acceptors (Lipinski definition) is 3. The molecule has 1 amide bonds. The zero-order valence-electron chi connectivity index (χ0n) is 14.1. The van der Waals surface area contributed by atoms with E-state index in [1.807, 2.05) is 12.3 Å². The van der Waals surface area contributed by atoms with Crippen LogP contribution in [0.3, 0.4) is 0 Å². The molecule has 136 valence electrons. The molecule has 1 fully saturated rings. The zero-order valence-corrected chi connectivity index (χ0v) is 14.1. The standard InChI is InChI=1S/C19H19FN2O4/c20-12-1-2-13-14(10-21-15(13)9-12)11-5-7-22(8-6-11)18(23)16-3-4-17(26-16)19(24)25/h1-2,5,9-10,16-17,21H,3-4,6-8H2,(H,24,25)/t16-,17+/m0/s1. The lowest BCUT2D eigenvalue weighted by atomic mass is 9.98. The summed E-state index contributed by atoms with van der Waals surface area (Å²) in [5, 5.41) is 9.94. The fraction of sp³-hybridized carbons (Fsp3) is 0.368. The molecule has 6 nitrogen and oxygen atoms in total. The summed E-state index contributed by atoms with van der Waals surface area (Å²) in [6.07, 6.45) is 3.81. The number of H-pyrrole nitrogens is 1. The molecule has 0 saturated carbocycles. The second-order valence-electron chi connectivity index (χ2n) is 6.68. The van der Waals surface area contributed by atoms with Gasteiger partial charge in [0.2, 0.25) is 0 Å². The number of fused-ring (bicyclic) bond motifs is 1. The van der Waals surface area contributed by atoms with Crippen LogP contribution in [0.2, 0.25) is 0 Å². The number of carboxylic acids is 1. The van der Waals surface area contributed by atoms with E-state index in [4.69, 9.17) is 9.84 Å². The summed E-state index contributed by atoms with van der Waals surface area (Å²) in [5.41, 5.74) is 2.89. The summed E-state index contributed by atoms with van der Waals surface area (Å²) < 4.78 is 18.7. The highest BCUT2D eigenvalue weighted by Gasteiger charge is 2.37. The van der Waals surface area contributed by atoms with Gasteiger partial charge in [-0.2, -0.15) is 0 Å². The van der Waals surface area contributed by atoms with Gasteiger partial charge in [0.15, 0.2) is 6.10 Å². The molecule has 7 heteroatoms. The zero-order chi connectivity index (χ0) is 18.3. The van der Waals surface area contributed by atoms with Crippen molar-refractivity contribution in [3.05, 3.63) is 41.9 Å². The Morgan fingerprint density at radius 2 is 2.08 bits per heavy atom. The number of hydrogen-bond donors (Lipinski definition) is 2. The highest BCUT2D eigenvalue weighted by molar-refractivity contribution is 5.93. The summed E-state index contributed by atoms with van der Waals surface area (Å²) in [4.78, 5) is 28.3. The van der Waals surface area contributed by atoms with Crippen molar-refractivity contribution in [3.8, 4) is 0 Å². The van der Waals surface area contributed by atoms with Gasteiger partial charge in [-0.3, -0.25) is 4.79 Å². The van der Waals surface area contributed by atoms with Crippen LogP contribution in [0.4, 0.5) is 4.39 Å². The number of nitrogens with zero attached hydrogens (tertiary/aromatic N) is 1. The molecule has 0 aliphatic carbocycles. The lowest BCUT2D eigenvalue weighted by Crippen LogP contribution is -2.41. The van der Waals surface area contributed by atoms with Crippen LogP contribution >= 0.6 is 0 Å². The van der Waals surface area contributed by atoms with Crippen LogP contribution in [-0.2, 0) is 14.3 Å². The van der Waals surface area contributed by atoms with Crippen LogP contribution in [0.1, 0.15) is 24.8 Å². The smallest absolute Gasteiger partial charge is 0.332 e. The molecule has 26 heavy (non-hydrogen) atoms. The van der Waals surface area contributed by atoms with Gasteiger partial charge in [-0.25, -0.2) is 9.18 Å². The molecule has 2 N–H and O–H groups in total. The Morgan fingerprint density at radius 1 is 1.27 bits per heavy atom. The number of aromatic amines is 1. The van der Waals surface area contributed by atoms with E-state index >= 15 is 0 Å². The topological polar surface area (TPSA) is 82.6 Å². The van der Waals surface area contributed by atoms with Crippen molar-refractivity contribution in [2.24, 2.45) is 0 Å². The van der Waals surface area contributed by atoms with E-state index in [1.54, 1.807) is 11.0 Å². The van der Waals surface area contributed by atoms with Crippen molar-refractivity contribution in [2.45, 2.75) is 31.5 Å². The summed E-state index contributed by atoms with van der Waals surface area (Å²) in [7, 11) is 0. The number of rotatable bonds is 3. The van der Waals surface area contributed by atoms with Crippen molar-refractivity contribution < 1.29 is 23.8 Å². The van der Waals surface area contributed by atoms with E-state index in [9.17, 15) is 14.0 Å². The third-order valence-electron chi connectivity index (χ3n) is 5.08. The minimum Gasteiger partial charge on any atom is -0.479 e. The minimum atomic E-state index is -1.02. The number of amides is 1. The Kier molecular flexibility index (Phi) is 4.24. The normalized spacial score (nSPS) is 23.3. The second-order valence-corrected chi connectivity index (χ2v) is 6.68. The summed E-state index contributed by atoms with van der Waals surface area (Å²) >= 11 is 0. The molecule has 0 radical (unpaired) electrons. The molecule has 0 spiro atoms. The number of aromatic nitrogens is 1. The lowest BCUT2D eigenvalue weighted by Gasteiger charge is -2.28. The molecule has 3 heterocycles. The molecule has 0 unspecified atom stereocenters. The average Bonchev–Trinajstić information content (AvgIpc) is 3.28. The molecular weight excluding hydrogens is 339 g/mol. The molecule has 4 rings (SSSR count). The number of nitrogens with one attached hydrogen (secondary N) is 1. The number of halogens is 1. The maximum absolute atomic E-state index is 13.3.